The molecule has 1 N–H and O–H groups in total. The quantitative estimate of drug-likeness (QED) is 0.901. The summed E-state index contributed by atoms with van der Waals surface area (Å²) >= 11 is 3.47. The van der Waals surface area contributed by atoms with E-state index in [1.54, 1.807) is 7.11 Å². The first-order valence-electron chi connectivity index (χ1n) is 6.21. The van der Waals surface area contributed by atoms with Crippen LogP contribution in [0, 0.1) is 18.3 Å². The number of nitrogens with zero attached hydrogens (tertiary/aromatic N) is 1. The first kappa shape index (κ1) is 14.4. The minimum absolute atomic E-state index is 0.404. The lowest BCUT2D eigenvalue weighted by Crippen LogP contribution is -2.09. The highest BCUT2D eigenvalue weighted by Gasteiger charge is 2.13. The van der Waals surface area contributed by atoms with Gasteiger partial charge in [0.1, 0.15) is 11.8 Å². The monoisotopic (exact) mass is 330 g/mol. The van der Waals surface area contributed by atoms with Gasteiger partial charge in [-0.15, -0.1) is 0 Å². The number of para-hydroxylation sites is 1. The fourth-order valence-corrected chi connectivity index (χ4v) is 2.40. The van der Waals surface area contributed by atoms with Crippen LogP contribution >= 0.6 is 15.9 Å². The normalized spacial score (nSPS) is 11.5. The second-order valence-corrected chi connectivity index (χ2v) is 5.27. The van der Waals surface area contributed by atoms with Crippen molar-refractivity contribution in [1.82, 2.24) is 0 Å². The summed E-state index contributed by atoms with van der Waals surface area (Å²) in [6.45, 7) is 1.97. The Labute approximate surface area is 127 Å². The van der Waals surface area contributed by atoms with E-state index in [-0.39, 0.29) is 0 Å². The SMILES string of the molecule is COc1ccc(C(C#N)Nc2ccccc2Br)cc1C. The van der Waals surface area contributed by atoms with Crippen LogP contribution in [0.15, 0.2) is 46.9 Å². The summed E-state index contributed by atoms with van der Waals surface area (Å²) in [5, 5.41) is 12.6. The van der Waals surface area contributed by atoms with Crippen LogP contribution in [-0.4, -0.2) is 7.11 Å². The first-order chi connectivity index (χ1) is 9.65. The van der Waals surface area contributed by atoms with Gasteiger partial charge in [-0.1, -0.05) is 18.2 Å². The fraction of sp³-hybridized carbons (Fsp3) is 0.188. The molecule has 1 unspecified atom stereocenters. The Morgan fingerprint density at radius 1 is 1.25 bits per heavy atom. The molecular formula is C16H15BrN2O. The van der Waals surface area contributed by atoms with Crippen LogP contribution in [0.4, 0.5) is 5.69 Å². The molecule has 0 fully saturated rings. The van der Waals surface area contributed by atoms with Crippen molar-refractivity contribution in [1.29, 1.82) is 5.26 Å². The molecule has 4 heteroatoms. The number of hydrogen-bond donors (Lipinski definition) is 1. The average molecular weight is 331 g/mol. The number of hydrogen-bond acceptors (Lipinski definition) is 3. The number of aryl methyl sites for hydroxylation is 1. The number of halogens is 1. The van der Waals surface area contributed by atoms with E-state index in [2.05, 4.69) is 27.3 Å². The average Bonchev–Trinajstić information content (AvgIpc) is 2.46. The van der Waals surface area contributed by atoms with Crippen molar-refractivity contribution in [3.63, 3.8) is 0 Å². The predicted molar refractivity (Wildman–Crippen MR) is 83.8 cm³/mol. The zero-order valence-electron chi connectivity index (χ0n) is 11.4. The van der Waals surface area contributed by atoms with Gasteiger partial charge in [0.25, 0.3) is 0 Å². The lowest BCUT2D eigenvalue weighted by Gasteiger charge is -2.16. The molecule has 1 atom stereocenters. The largest absolute Gasteiger partial charge is 0.496 e. The van der Waals surface area contributed by atoms with Gasteiger partial charge < -0.3 is 10.1 Å². The number of methoxy groups -OCH3 is 1. The fourth-order valence-electron chi connectivity index (χ4n) is 2.01. The Morgan fingerprint density at radius 3 is 2.60 bits per heavy atom. The maximum Gasteiger partial charge on any atom is 0.140 e. The Kier molecular flexibility index (Phi) is 4.65. The predicted octanol–water partition coefficient (Wildman–Crippen LogP) is 4.44. The van der Waals surface area contributed by atoms with Crippen molar-refractivity contribution >= 4 is 21.6 Å². The van der Waals surface area contributed by atoms with Gasteiger partial charge in [0.2, 0.25) is 0 Å². The lowest BCUT2D eigenvalue weighted by atomic mass is 10.0. The molecule has 0 amide bonds. The second-order valence-electron chi connectivity index (χ2n) is 4.42. The molecule has 0 aliphatic rings. The van der Waals surface area contributed by atoms with Crippen molar-refractivity contribution in [2.24, 2.45) is 0 Å². The molecule has 2 aromatic rings. The maximum absolute atomic E-state index is 9.39. The zero-order chi connectivity index (χ0) is 14.5. The molecule has 0 aliphatic heterocycles. The molecule has 3 nitrogen and oxygen atoms in total. The van der Waals surface area contributed by atoms with E-state index in [9.17, 15) is 5.26 Å². The van der Waals surface area contributed by atoms with Gasteiger partial charge in [-0.2, -0.15) is 5.26 Å². The van der Waals surface area contributed by atoms with Crippen LogP contribution in [0.5, 0.6) is 5.75 Å². The van der Waals surface area contributed by atoms with Gasteiger partial charge >= 0.3 is 0 Å². The molecule has 0 saturated heterocycles. The minimum atomic E-state index is -0.404. The van der Waals surface area contributed by atoms with Crippen molar-refractivity contribution in [2.75, 3.05) is 12.4 Å². The third-order valence-corrected chi connectivity index (χ3v) is 3.75. The summed E-state index contributed by atoms with van der Waals surface area (Å²) in [6.07, 6.45) is 0. The number of ether oxygens (including phenoxy) is 1. The summed E-state index contributed by atoms with van der Waals surface area (Å²) in [7, 11) is 1.64. The van der Waals surface area contributed by atoms with Gasteiger partial charge in [0, 0.05) is 10.2 Å². The molecule has 0 heterocycles. The number of nitriles is 1. The molecule has 0 spiro atoms. The highest BCUT2D eigenvalue weighted by atomic mass is 79.9. The molecule has 2 rings (SSSR count). The second kappa shape index (κ2) is 6.44. The third-order valence-electron chi connectivity index (χ3n) is 3.06. The van der Waals surface area contributed by atoms with Crippen molar-refractivity contribution in [3.05, 3.63) is 58.1 Å². The van der Waals surface area contributed by atoms with E-state index >= 15 is 0 Å². The number of anilines is 1. The first-order valence-corrected chi connectivity index (χ1v) is 7.00. The van der Waals surface area contributed by atoms with E-state index in [1.165, 1.54) is 0 Å². The zero-order valence-corrected chi connectivity index (χ0v) is 12.9. The summed E-state index contributed by atoms with van der Waals surface area (Å²) in [4.78, 5) is 0. The van der Waals surface area contributed by atoms with Crippen LogP contribution in [-0.2, 0) is 0 Å². The smallest absolute Gasteiger partial charge is 0.140 e. The highest BCUT2D eigenvalue weighted by Crippen LogP contribution is 2.28. The Hall–Kier alpha value is -1.99. The van der Waals surface area contributed by atoms with Gasteiger partial charge in [-0.25, -0.2) is 0 Å². The Morgan fingerprint density at radius 2 is 2.00 bits per heavy atom. The standard InChI is InChI=1S/C16H15BrN2O/c1-11-9-12(7-8-16(11)20-2)15(10-18)19-14-6-4-3-5-13(14)17/h3-9,15,19H,1-2H3. The number of benzene rings is 2. The van der Waals surface area contributed by atoms with Crippen LogP contribution in [0.3, 0.4) is 0 Å². The molecule has 102 valence electrons. The van der Waals surface area contributed by atoms with Gasteiger partial charge in [0.15, 0.2) is 0 Å². The van der Waals surface area contributed by atoms with E-state index in [0.717, 1.165) is 27.0 Å². The van der Waals surface area contributed by atoms with Crippen LogP contribution in [0.25, 0.3) is 0 Å². The summed E-state index contributed by atoms with van der Waals surface area (Å²) < 4.78 is 6.18. The van der Waals surface area contributed by atoms with Gasteiger partial charge in [0.05, 0.1) is 13.2 Å². The molecule has 0 aromatic heterocycles. The Balaban J connectivity index is 2.27. The van der Waals surface area contributed by atoms with Crippen molar-refractivity contribution < 1.29 is 4.74 Å². The minimum Gasteiger partial charge on any atom is -0.496 e. The van der Waals surface area contributed by atoms with E-state index in [4.69, 9.17) is 4.74 Å². The van der Waals surface area contributed by atoms with Crippen LogP contribution < -0.4 is 10.1 Å². The molecule has 0 aliphatic carbocycles. The van der Waals surface area contributed by atoms with Gasteiger partial charge in [-0.05, 0) is 58.2 Å². The van der Waals surface area contributed by atoms with E-state index < -0.39 is 6.04 Å². The highest BCUT2D eigenvalue weighted by molar-refractivity contribution is 9.10. The van der Waals surface area contributed by atoms with Crippen LogP contribution in [0.1, 0.15) is 17.2 Å². The lowest BCUT2D eigenvalue weighted by molar-refractivity contribution is 0.411. The molecule has 0 bridgehead atoms. The molecular weight excluding hydrogens is 316 g/mol. The molecule has 0 saturated carbocycles. The number of nitrogens with one attached hydrogen (secondary N) is 1. The summed E-state index contributed by atoms with van der Waals surface area (Å²) in [5.74, 6) is 0.825. The van der Waals surface area contributed by atoms with E-state index in [1.807, 2.05) is 49.4 Å². The van der Waals surface area contributed by atoms with Crippen molar-refractivity contribution in [2.45, 2.75) is 13.0 Å². The molecule has 2 aromatic carbocycles. The Bertz CT molecular complexity index is 649. The third kappa shape index (κ3) is 3.12. The van der Waals surface area contributed by atoms with E-state index in [0.29, 0.717) is 0 Å². The van der Waals surface area contributed by atoms with Gasteiger partial charge in [-0.3, -0.25) is 0 Å². The van der Waals surface area contributed by atoms with Crippen molar-refractivity contribution in [3.8, 4) is 11.8 Å². The maximum atomic E-state index is 9.39. The number of rotatable bonds is 4. The summed E-state index contributed by atoms with van der Waals surface area (Å²) in [5.41, 5.74) is 2.83. The topological polar surface area (TPSA) is 45.0 Å². The van der Waals surface area contributed by atoms with Crippen LogP contribution in [0.2, 0.25) is 0 Å². The molecule has 0 radical (unpaired) electrons. The molecule has 20 heavy (non-hydrogen) atoms. The summed E-state index contributed by atoms with van der Waals surface area (Å²) in [6, 6.07) is 15.4.